The highest BCUT2D eigenvalue weighted by Crippen LogP contribution is 1.94. The maximum Gasteiger partial charge on any atom is 0.498 e. The second kappa shape index (κ2) is 5.10. The van der Waals surface area contributed by atoms with Crippen LogP contribution in [0, 0.1) is 13.8 Å². The molecule has 0 atom stereocenters. The summed E-state index contributed by atoms with van der Waals surface area (Å²) in [6.07, 6.45) is 1.73. The third-order valence-electron chi connectivity index (χ3n) is 2.20. The maximum absolute atomic E-state index is 11.7. The van der Waals surface area contributed by atoms with Crippen molar-refractivity contribution >= 4 is 0 Å². The second-order valence-corrected chi connectivity index (χ2v) is 3.17. The Morgan fingerprint density at radius 1 is 1.57 bits per heavy atom. The van der Waals surface area contributed by atoms with Gasteiger partial charge in [0.25, 0.3) is 0 Å². The molecule has 0 amide bonds. The van der Waals surface area contributed by atoms with Crippen molar-refractivity contribution in [1.82, 2.24) is 4.57 Å². The Labute approximate surface area is 94.5 Å². The first-order valence-corrected chi connectivity index (χ1v) is 4.26. The molecule has 4 heteroatoms. The van der Waals surface area contributed by atoms with Crippen LogP contribution in [-0.2, 0) is 13.6 Å². The monoisotopic (exact) mass is 258 g/mol. The second-order valence-electron chi connectivity index (χ2n) is 3.17. The summed E-state index contributed by atoms with van der Waals surface area (Å²) in [5.41, 5.74) is 1.96. The predicted octanol–water partition coefficient (Wildman–Crippen LogP) is -2.52. The summed E-state index contributed by atoms with van der Waals surface area (Å²) in [5.74, 6) is 0. The van der Waals surface area contributed by atoms with Gasteiger partial charge < -0.3 is 17.0 Å². The molecular formula is C10H15BrN2O. The highest BCUT2D eigenvalue weighted by atomic mass is 79.9. The van der Waals surface area contributed by atoms with Gasteiger partial charge in [0.05, 0.1) is 7.05 Å². The average molecular weight is 259 g/mol. The number of rotatable bonds is 2. The van der Waals surface area contributed by atoms with Crippen LogP contribution in [0.1, 0.15) is 11.4 Å². The molecule has 1 heterocycles. The van der Waals surface area contributed by atoms with Crippen molar-refractivity contribution in [2.24, 2.45) is 7.05 Å². The molecule has 0 spiro atoms. The van der Waals surface area contributed by atoms with E-state index in [1.807, 2.05) is 19.9 Å². The van der Waals surface area contributed by atoms with Gasteiger partial charge in [-0.15, -0.1) is 0 Å². The Morgan fingerprint density at radius 3 is 2.64 bits per heavy atom. The van der Waals surface area contributed by atoms with E-state index in [-0.39, 0.29) is 22.7 Å². The predicted molar refractivity (Wildman–Crippen MR) is 51.5 cm³/mol. The number of aromatic nitrogens is 2. The van der Waals surface area contributed by atoms with Crippen molar-refractivity contribution < 1.29 is 21.5 Å². The van der Waals surface area contributed by atoms with Crippen molar-refractivity contribution in [3.63, 3.8) is 0 Å². The topological polar surface area (TPSA) is 25.9 Å². The van der Waals surface area contributed by atoms with Crippen LogP contribution in [0.2, 0.25) is 0 Å². The minimum Gasteiger partial charge on any atom is -1.00 e. The van der Waals surface area contributed by atoms with Crippen molar-refractivity contribution in [3.8, 4) is 0 Å². The first kappa shape index (κ1) is 13.1. The van der Waals surface area contributed by atoms with Gasteiger partial charge in [-0.3, -0.25) is 0 Å². The zero-order valence-electron chi connectivity index (χ0n) is 8.75. The van der Waals surface area contributed by atoms with Gasteiger partial charge in [-0.25, -0.2) is 0 Å². The van der Waals surface area contributed by atoms with Crippen molar-refractivity contribution in [2.75, 3.05) is 0 Å². The number of halogens is 1. The van der Waals surface area contributed by atoms with E-state index in [9.17, 15) is 4.79 Å². The minimum absolute atomic E-state index is 0. The van der Waals surface area contributed by atoms with Crippen LogP contribution >= 0.6 is 0 Å². The zero-order valence-corrected chi connectivity index (χ0v) is 10.3. The van der Waals surface area contributed by atoms with Crippen LogP contribution in [0.4, 0.5) is 0 Å². The van der Waals surface area contributed by atoms with E-state index >= 15 is 0 Å². The summed E-state index contributed by atoms with van der Waals surface area (Å²) in [7, 11) is 1.77. The van der Waals surface area contributed by atoms with E-state index in [0.717, 1.165) is 11.4 Å². The Hall–Kier alpha value is -0.900. The molecule has 1 aromatic heterocycles. The molecule has 0 saturated heterocycles. The normalized spacial score (nSPS) is 9.36. The van der Waals surface area contributed by atoms with E-state index in [4.69, 9.17) is 0 Å². The molecule has 0 N–H and O–H groups in total. The first-order chi connectivity index (χ1) is 6.07. The minimum atomic E-state index is 0. The highest BCUT2D eigenvalue weighted by Gasteiger charge is 2.11. The Morgan fingerprint density at radius 2 is 2.14 bits per heavy atom. The number of hydrogen-bond acceptors (Lipinski definition) is 1. The van der Waals surface area contributed by atoms with Gasteiger partial charge in [0, 0.05) is 6.07 Å². The summed E-state index contributed by atoms with van der Waals surface area (Å²) in [4.78, 5) is 11.7. The molecule has 1 rings (SSSR count). The van der Waals surface area contributed by atoms with Gasteiger partial charge in [-0.2, -0.15) is 13.9 Å². The fourth-order valence-corrected chi connectivity index (χ4v) is 1.31. The van der Waals surface area contributed by atoms with Crippen molar-refractivity contribution in [2.45, 2.75) is 20.4 Å². The Balaban J connectivity index is 0.00000169. The molecule has 0 bridgehead atoms. The SMILES string of the molecule is C=CCn1c(C)cc(C)[n+](C)c1=O.[Br-]. The number of aryl methyl sites for hydroxylation is 2. The highest BCUT2D eigenvalue weighted by molar-refractivity contribution is 5.02. The van der Waals surface area contributed by atoms with Crippen LogP contribution in [0.25, 0.3) is 0 Å². The molecule has 0 aliphatic rings. The molecule has 0 unspecified atom stereocenters. The summed E-state index contributed by atoms with van der Waals surface area (Å²) >= 11 is 0. The fourth-order valence-electron chi connectivity index (χ4n) is 1.31. The van der Waals surface area contributed by atoms with Crippen LogP contribution in [0.5, 0.6) is 0 Å². The van der Waals surface area contributed by atoms with Crippen LogP contribution in [-0.4, -0.2) is 4.57 Å². The van der Waals surface area contributed by atoms with Gasteiger partial charge in [0.15, 0.2) is 0 Å². The summed E-state index contributed by atoms with van der Waals surface area (Å²) < 4.78 is 3.33. The lowest BCUT2D eigenvalue weighted by Crippen LogP contribution is -3.00. The van der Waals surface area contributed by atoms with E-state index in [0.29, 0.717) is 6.54 Å². The van der Waals surface area contributed by atoms with Gasteiger partial charge in [-0.05, 0) is 13.8 Å². The first-order valence-electron chi connectivity index (χ1n) is 4.26. The standard InChI is InChI=1S/C10H15N2O.BrH/c1-5-6-12-9(3)7-8(2)11(4)10(12)13;/h5,7H,1,6H2,2-4H3;1H/q+1;/p-1. The van der Waals surface area contributed by atoms with E-state index < -0.39 is 0 Å². The van der Waals surface area contributed by atoms with Gasteiger partial charge in [-0.1, -0.05) is 12.7 Å². The van der Waals surface area contributed by atoms with E-state index in [1.165, 1.54) is 0 Å². The molecule has 0 aliphatic carbocycles. The molecule has 0 aliphatic heterocycles. The number of hydrogen-bond donors (Lipinski definition) is 0. The third-order valence-corrected chi connectivity index (χ3v) is 2.20. The largest absolute Gasteiger partial charge is 1.00 e. The molecule has 0 fully saturated rings. The molecule has 14 heavy (non-hydrogen) atoms. The lowest BCUT2D eigenvalue weighted by atomic mass is 10.3. The van der Waals surface area contributed by atoms with Gasteiger partial charge >= 0.3 is 5.69 Å². The lowest BCUT2D eigenvalue weighted by molar-refractivity contribution is -0.697. The quantitative estimate of drug-likeness (QED) is 0.425. The van der Waals surface area contributed by atoms with Crippen LogP contribution < -0.4 is 27.2 Å². The maximum atomic E-state index is 11.7. The summed E-state index contributed by atoms with van der Waals surface area (Å²) in [6.45, 7) is 8.04. The average Bonchev–Trinajstić information content (AvgIpc) is 2.09. The van der Waals surface area contributed by atoms with Crippen LogP contribution in [0.3, 0.4) is 0 Å². The van der Waals surface area contributed by atoms with Gasteiger partial charge in [0.2, 0.25) is 0 Å². The molecule has 0 aromatic carbocycles. The summed E-state index contributed by atoms with van der Waals surface area (Å²) in [5, 5.41) is 0. The zero-order chi connectivity index (χ0) is 10.0. The van der Waals surface area contributed by atoms with E-state index in [2.05, 4.69) is 6.58 Å². The summed E-state index contributed by atoms with van der Waals surface area (Å²) in [6, 6.07) is 1.99. The number of allylic oxidation sites excluding steroid dienone is 1. The van der Waals surface area contributed by atoms with Crippen LogP contribution in [0.15, 0.2) is 23.5 Å². The van der Waals surface area contributed by atoms with Gasteiger partial charge in [0.1, 0.15) is 17.9 Å². The number of nitrogens with zero attached hydrogens (tertiary/aromatic N) is 2. The van der Waals surface area contributed by atoms with Crippen molar-refractivity contribution in [3.05, 3.63) is 40.6 Å². The lowest BCUT2D eigenvalue weighted by Gasteiger charge is -2.03. The molecule has 0 radical (unpaired) electrons. The molecular weight excluding hydrogens is 244 g/mol. The smallest absolute Gasteiger partial charge is 0.498 e. The molecule has 1 aromatic rings. The Kier molecular flexibility index (Phi) is 4.77. The Bertz CT molecular complexity index is 396. The molecule has 3 nitrogen and oxygen atoms in total. The molecule has 0 saturated carbocycles. The molecule has 78 valence electrons. The third kappa shape index (κ3) is 2.32. The van der Waals surface area contributed by atoms with E-state index in [1.54, 1.807) is 22.3 Å². The van der Waals surface area contributed by atoms with Crippen molar-refractivity contribution in [1.29, 1.82) is 0 Å². The fraction of sp³-hybridized carbons (Fsp3) is 0.400.